The lowest BCUT2D eigenvalue weighted by Crippen LogP contribution is -2.61. The molecule has 0 aliphatic heterocycles. The first-order valence-corrected chi connectivity index (χ1v) is 5.82. The summed E-state index contributed by atoms with van der Waals surface area (Å²) in [5, 5.41) is 14.2. The highest BCUT2D eigenvalue weighted by Gasteiger charge is 2.45. The van der Waals surface area contributed by atoms with E-state index in [4.69, 9.17) is 5.11 Å². The molecule has 0 atom stereocenters. The molecule has 0 saturated heterocycles. The van der Waals surface area contributed by atoms with Gasteiger partial charge in [-0.1, -0.05) is 6.07 Å². The summed E-state index contributed by atoms with van der Waals surface area (Å²) in [4.78, 5) is 26.7. The highest BCUT2D eigenvalue weighted by molar-refractivity contribution is 5.87. The first-order valence-electron chi connectivity index (χ1n) is 5.82. The Morgan fingerprint density at radius 1 is 1.39 bits per heavy atom. The van der Waals surface area contributed by atoms with Crippen LogP contribution in [0.1, 0.15) is 25.0 Å². The number of pyridine rings is 1. The van der Waals surface area contributed by atoms with Crippen LogP contribution in [-0.4, -0.2) is 27.6 Å². The number of nitrogens with zero attached hydrogens (tertiary/aromatic N) is 1. The number of hydrogen-bond donors (Lipinski definition) is 3. The molecule has 18 heavy (non-hydrogen) atoms. The van der Waals surface area contributed by atoms with Gasteiger partial charge in [-0.2, -0.15) is 0 Å². The van der Waals surface area contributed by atoms with Crippen LogP contribution in [-0.2, 0) is 11.3 Å². The van der Waals surface area contributed by atoms with Crippen molar-refractivity contribution in [2.45, 2.75) is 31.3 Å². The molecule has 96 valence electrons. The third kappa shape index (κ3) is 2.58. The number of aliphatic carboxylic acids is 1. The molecule has 1 aromatic rings. The Bertz CT molecular complexity index is 443. The Labute approximate surface area is 104 Å². The van der Waals surface area contributed by atoms with Crippen molar-refractivity contribution in [3.63, 3.8) is 0 Å². The van der Waals surface area contributed by atoms with Gasteiger partial charge < -0.3 is 15.7 Å². The average Bonchev–Trinajstić information content (AvgIpc) is 2.32. The standard InChI is InChI=1S/C12H15N3O3/c16-10(17)12(5-3-6-12)15-11(18)14-8-9-4-1-2-7-13-9/h1-2,4,7H,3,5-6,8H2,(H,16,17)(H2,14,15,18). The van der Waals surface area contributed by atoms with E-state index in [1.807, 2.05) is 6.07 Å². The molecular formula is C12H15N3O3. The SMILES string of the molecule is O=C(NCc1ccccn1)NC1(C(=O)O)CCC1. The fourth-order valence-electron chi connectivity index (χ4n) is 1.86. The average molecular weight is 249 g/mol. The van der Waals surface area contributed by atoms with E-state index in [2.05, 4.69) is 15.6 Å². The summed E-state index contributed by atoms with van der Waals surface area (Å²) in [6.45, 7) is 0.280. The Morgan fingerprint density at radius 3 is 2.67 bits per heavy atom. The fourth-order valence-corrected chi connectivity index (χ4v) is 1.86. The Morgan fingerprint density at radius 2 is 2.17 bits per heavy atom. The lowest BCUT2D eigenvalue weighted by Gasteiger charge is -2.38. The smallest absolute Gasteiger partial charge is 0.329 e. The minimum atomic E-state index is -1.08. The Kier molecular flexibility index (Phi) is 3.45. The third-order valence-electron chi connectivity index (χ3n) is 3.13. The quantitative estimate of drug-likeness (QED) is 0.739. The van der Waals surface area contributed by atoms with E-state index in [1.54, 1.807) is 18.3 Å². The topological polar surface area (TPSA) is 91.3 Å². The molecular weight excluding hydrogens is 234 g/mol. The summed E-state index contributed by atoms with van der Waals surface area (Å²) in [5.41, 5.74) is -0.348. The van der Waals surface area contributed by atoms with Gasteiger partial charge in [0, 0.05) is 6.20 Å². The zero-order valence-corrected chi connectivity index (χ0v) is 9.85. The van der Waals surface area contributed by atoms with E-state index in [-0.39, 0.29) is 6.54 Å². The van der Waals surface area contributed by atoms with E-state index in [0.29, 0.717) is 12.8 Å². The first-order chi connectivity index (χ1) is 8.62. The van der Waals surface area contributed by atoms with E-state index in [1.165, 1.54) is 0 Å². The summed E-state index contributed by atoms with van der Waals surface area (Å²) in [6.07, 6.45) is 3.44. The normalized spacial score (nSPS) is 16.4. The van der Waals surface area contributed by atoms with Crippen molar-refractivity contribution in [1.29, 1.82) is 0 Å². The van der Waals surface area contributed by atoms with Crippen molar-refractivity contribution in [2.24, 2.45) is 0 Å². The van der Waals surface area contributed by atoms with Crippen molar-refractivity contribution < 1.29 is 14.7 Å². The van der Waals surface area contributed by atoms with Crippen LogP contribution in [0.3, 0.4) is 0 Å². The van der Waals surface area contributed by atoms with Crippen LogP contribution in [0.2, 0.25) is 0 Å². The van der Waals surface area contributed by atoms with Gasteiger partial charge in [-0.3, -0.25) is 4.98 Å². The lowest BCUT2D eigenvalue weighted by molar-refractivity contribution is -0.148. The third-order valence-corrected chi connectivity index (χ3v) is 3.13. The second-order valence-corrected chi connectivity index (χ2v) is 4.37. The van der Waals surface area contributed by atoms with E-state index in [0.717, 1.165) is 12.1 Å². The molecule has 1 aliphatic carbocycles. The zero-order chi connectivity index (χ0) is 13.0. The number of nitrogens with one attached hydrogen (secondary N) is 2. The van der Waals surface area contributed by atoms with Crippen molar-refractivity contribution >= 4 is 12.0 Å². The number of urea groups is 1. The maximum Gasteiger partial charge on any atom is 0.329 e. The molecule has 1 aromatic heterocycles. The molecule has 1 saturated carbocycles. The lowest BCUT2D eigenvalue weighted by atomic mass is 9.77. The largest absolute Gasteiger partial charge is 0.480 e. The number of rotatable bonds is 4. The molecule has 0 unspecified atom stereocenters. The number of aromatic nitrogens is 1. The molecule has 0 bridgehead atoms. The monoisotopic (exact) mass is 249 g/mol. The predicted octanol–water partition coefficient (Wildman–Crippen LogP) is 0.888. The molecule has 2 rings (SSSR count). The number of amides is 2. The first kappa shape index (κ1) is 12.3. The van der Waals surface area contributed by atoms with Gasteiger partial charge >= 0.3 is 12.0 Å². The number of carbonyl (C=O) groups is 2. The summed E-state index contributed by atoms with van der Waals surface area (Å²) in [5.74, 6) is -0.971. The second kappa shape index (κ2) is 5.03. The van der Waals surface area contributed by atoms with Crippen molar-refractivity contribution in [2.75, 3.05) is 0 Å². The molecule has 6 nitrogen and oxygen atoms in total. The van der Waals surface area contributed by atoms with E-state index >= 15 is 0 Å². The molecule has 6 heteroatoms. The number of carbonyl (C=O) groups excluding carboxylic acids is 1. The van der Waals surface area contributed by atoms with Gasteiger partial charge in [-0.05, 0) is 31.4 Å². The summed E-state index contributed by atoms with van der Waals surface area (Å²) < 4.78 is 0. The Balaban J connectivity index is 1.84. The summed E-state index contributed by atoms with van der Waals surface area (Å²) in [7, 11) is 0. The molecule has 1 heterocycles. The summed E-state index contributed by atoms with van der Waals surface area (Å²) in [6, 6.07) is 4.93. The van der Waals surface area contributed by atoms with Crippen LogP contribution in [0.15, 0.2) is 24.4 Å². The van der Waals surface area contributed by atoms with E-state index in [9.17, 15) is 9.59 Å². The van der Waals surface area contributed by atoms with Crippen LogP contribution < -0.4 is 10.6 Å². The second-order valence-electron chi connectivity index (χ2n) is 4.37. The number of carboxylic acid groups (broad SMARTS) is 1. The zero-order valence-electron chi connectivity index (χ0n) is 9.85. The van der Waals surface area contributed by atoms with Gasteiger partial charge in [0.2, 0.25) is 0 Å². The van der Waals surface area contributed by atoms with Gasteiger partial charge in [0.25, 0.3) is 0 Å². The molecule has 0 radical (unpaired) electrons. The van der Waals surface area contributed by atoms with Crippen LogP contribution in [0.25, 0.3) is 0 Å². The van der Waals surface area contributed by atoms with Gasteiger partial charge in [0.15, 0.2) is 0 Å². The number of hydrogen-bond acceptors (Lipinski definition) is 3. The van der Waals surface area contributed by atoms with Gasteiger partial charge in [0.1, 0.15) is 5.54 Å². The molecule has 2 amide bonds. The predicted molar refractivity (Wildman–Crippen MR) is 63.8 cm³/mol. The molecule has 3 N–H and O–H groups in total. The van der Waals surface area contributed by atoms with Gasteiger partial charge in [-0.25, -0.2) is 9.59 Å². The molecule has 0 spiro atoms. The van der Waals surface area contributed by atoms with Crippen LogP contribution in [0, 0.1) is 0 Å². The maximum absolute atomic E-state index is 11.6. The summed E-state index contributed by atoms with van der Waals surface area (Å²) >= 11 is 0. The minimum absolute atomic E-state index is 0.280. The van der Waals surface area contributed by atoms with Crippen molar-refractivity contribution in [1.82, 2.24) is 15.6 Å². The maximum atomic E-state index is 11.6. The van der Waals surface area contributed by atoms with Crippen molar-refractivity contribution in [3.05, 3.63) is 30.1 Å². The van der Waals surface area contributed by atoms with Gasteiger partial charge in [-0.15, -0.1) is 0 Å². The van der Waals surface area contributed by atoms with Gasteiger partial charge in [0.05, 0.1) is 12.2 Å². The molecule has 1 fully saturated rings. The van der Waals surface area contributed by atoms with Crippen molar-refractivity contribution in [3.8, 4) is 0 Å². The van der Waals surface area contributed by atoms with Crippen LogP contribution in [0.5, 0.6) is 0 Å². The highest BCUT2D eigenvalue weighted by Crippen LogP contribution is 2.31. The van der Waals surface area contributed by atoms with E-state index < -0.39 is 17.5 Å². The fraction of sp³-hybridized carbons (Fsp3) is 0.417. The molecule has 1 aliphatic rings. The minimum Gasteiger partial charge on any atom is -0.480 e. The van der Waals surface area contributed by atoms with Crippen LogP contribution in [0.4, 0.5) is 4.79 Å². The Hall–Kier alpha value is -2.11. The number of carboxylic acids is 1. The van der Waals surface area contributed by atoms with Crippen LogP contribution >= 0.6 is 0 Å². The molecule has 0 aromatic carbocycles. The highest BCUT2D eigenvalue weighted by atomic mass is 16.4.